The molecule has 1 aromatic rings. The van der Waals surface area contributed by atoms with Crippen LogP contribution in [-0.2, 0) is 4.74 Å². The SMILES string of the molecule is Cc1cc(C)c(C(=O)CC(N2CCOCC2)C(F)(F)F)c(=O)[nH]1. The summed E-state index contributed by atoms with van der Waals surface area (Å²) in [6, 6.07) is -0.328. The van der Waals surface area contributed by atoms with Crippen molar-refractivity contribution in [2.24, 2.45) is 0 Å². The highest BCUT2D eigenvalue weighted by molar-refractivity contribution is 5.97. The molecule has 5 nitrogen and oxygen atoms in total. The van der Waals surface area contributed by atoms with E-state index in [1.165, 1.54) is 4.90 Å². The molecule has 1 aliphatic rings. The quantitative estimate of drug-likeness (QED) is 0.855. The molecule has 0 spiro atoms. The van der Waals surface area contributed by atoms with Crippen molar-refractivity contribution in [3.8, 4) is 0 Å². The van der Waals surface area contributed by atoms with E-state index >= 15 is 0 Å². The number of aryl methyl sites for hydroxylation is 2. The number of carbonyl (C=O) groups is 1. The molecule has 2 heterocycles. The monoisotopic (exact) mass is 332 g/mol. The first-order valence-electron chi connectivity index (χ1n) is 7.32. The first kappa shape index (κ1) is 17.7. The lowest BCUT2D eigenvalue weighted by atomic mass is 9.99. The van der Waals surface area contributed by atoms with Crippen LogP contribution in [0.3, 0.4) is 0 Å². The van der Waals surface area contributed by atoms with Gasteiger partial charge >= 0.3 is 6.18 Å². The third-order valence-electron chi connectivity index (χ3n) is 3.89. The van der Waals surface area contributed by atoms with E-state index in [2.05, 4.69) is 4.98 Å². The van der Waals surface area contributed by atoms with Crippen LogP contribution in [0.1, 0.15) is 28.0 Å². The lowest BCUT2D eigenvalue weighted by Crippen LogP contribution is -2.51. The Labute approximate surface area is 131 Å². The van der Waals surface area contributed by atoms with E-state index in [-0.39, 0.29) is 31.9 Å². The Morgan fingerprint density at radius 3 is 2.48 bits per heavy atom. The number of hydrogen-bond donors (Lipinski definition) is 1. The van der Waals surface area contributed by atoms with Gasteiger partial charge in [-0.05, 0) is 25.5 Å². The van der Waals surface area contributed by atoms with Crippen molar-refractivity contribution in [3.63, 3.8) is 0 Å². The summed E-state index contributed by atoms with van der Waals surface area (Å²) in [4.78, 5) is 27.9. The maximum atomic E-state index is 13.3. The van der Waals surface area contributed by atoms with Gasteiger partial charge in [-0.25, -0.2) is 0 Å². The van der Waals surface area contributed by atoms with Crippen molar-refractivity contribution in [2.45, 2.75) is 32.5 Å². The minimum Gasteiger partial charge on any atom is -0.379 e. The zero-order valence-electron chi connectivity index (χ0n) is 13.0. The molecule has 1 fully saturated rings. The van der Waals surface area contributed by atoms with Crippen LogP contribution in [0.25, 0.3) is 0 Å². The summed E-state index contributed by atoms with van der Waals surface area (Å²) in [6.07, 6.45) is -5.31. The number of ketones is 1. The zero-order valence-corrected chi connectivity index (χ0v) is 13.0. The normalized spacial score (nSPS) is 18.0. The molecular formula is C15H19F3N2O3. The predicted octanol–water partition coefficient (Wildman–Crippen LogP) is 1.83. The molecule has 0 aromatic carbocycles. The summed E-state index contributed by atoms with van der Waals surface area (Å²) in [5, 5.41) is 0. The van der Waals surface area contributed by atoms with E-state index in [1.807, 2.05) is 0 Å². The Balaban J connectivity index is 2.26. The number of alkyl halides is 3. The van der Waals surface area contributed by atoms with Crippen LogP contribution in [0, 0.1) is 13.8 Å². The maximum absolute atomic E-state index is 13.3. The minimum atomic E-state index is -4.54. The molecule has 1 N–H and O–H groups in total. The van der Waals surface area contributed by atoms with Crippen molar-refractivity contribution in [3.05, 3.63) is 33.2 Å². The Morgan fingerprint density at radius 1 is 1.35 bits per heavy atom. The number of Topliss-reactive ketones (excluding diaryl/α,β-unsaturated/α-hetero) is 1. The summed E-state index contributed by atoms with van der Waals surface area (Å²) < 4.78 is 45.0. The van der Waals surface area contributed by atoms with Crippen LogP contribution in [0.2, 0.25) is 0 Å². The van der Waals surface area contributed by atoms with Crippen LogP contribution >= 0.6 is 0 Å². The van der Waals surface area contributed by atoms with Gasteiger partial charge in [-0.15, -0.1) is 0 Å². The average Bonchev–Trinajstić information content (AvgIpc) is 2.43. The van der Waals surface area contributed by atoms with Gasteiger partial charge in [-0.2, -0.15) is 13.2 Å². The molecule has 128 valence electrons. The zero-order chi connectivity index (χ0) is 17.2. The number of morpholine rings is 1. The molecule has 0 bridgehead atoms. The molecule has 23 heavy (non-hydrogen) atoms. The van der Waals surface area contributed by atoms with Crippen molar-refractivity contribution in [1.29, 1.82) is 0 Å². The summed E-state index contributed by atoms with van der Waals surface area (Å²) >= 11 is 0. The van der Waals surface area contributed by atoms with Gasteiger partial charge < -0.3 is 9.72 Å². The average molecular weight is 332 g/mol. The second kappa shape index (κ2) is 6.84. The van der Waals surface area contributed by atoms with Crippen LogP contribution in [0.5, 0.6) is 0 Å². The highest BCUT2D eigenvalue weighted by Gasteiger charge is 2.45. The molecule has 1 saturated heterocycles. The van der Waals surface area contributed by atoms with Gasteiger partial charge in [0, 0.05) is 25.2 Å². The third-order valence-corrected chi connectivity index (χ3v) is 3.89. The van der Waals surface area contributed by atoms with E-state index in [1.54, 1.807) is 19.9 Å². The Bertz CT molecular complexity index is 634. The number of aromatic amines is 1. The summed E-state index contributed by atoms with van der Waals surface area (Å²) in [5.74, 6) is -0.794. The number of pyridine rings is 1. The number of halogens is 3. The second-order valence-electron chi connectivity index (χ2n) is 5.67. The van der Waals surface area contributed by atoms with E-state index in [9.17, 15) is 22.8 Å². The number of nitrogens with one attached hydrogen (secondary N) is 1. The van der Waals surface area contributed by atoms with Crippen molar-refractivity contribution < 1.29 is 22.7 Å². The largest absolute Gasteiger partial charge is 0.404 e. The number of nitrogens with zero attached hydrogens (tertiary/aromatic N) is 1. The van der Waals surface area contributed by atoms with Crippen LogP contribution < -0.4 is 5.56 Å². The topological polar surface area (TPSA) is 62.4 Å². The van der Waals surface area contributed by atoms with Crippen molar-refractivity contribution in [1.82, 2.24) is 9.88 Å². The summed E-state index contributed by atoms with van der Waals surface area (Å²) in [7, 11) is 0. The third kappa shape index (κ3) is 4.20. The van der Waals surface area contributed by atoms with E-state index in [4.69, 9.17) is 4.74 Å². The number of carbonyl (C=O) groups excluding carboxylic acids is 1. The molecule has 0 radical (unpaired) electrons. The van der Waals surface area contributed by atoms with Gasteiger partial charge in [0.15, 0.2) is 5.78 Å². The van der Waals surface area contributed by atoms with Crippen LogP contribution in [0.4, 0.5) is 13.2 Å². The minimum absolute atomic E-state index is 0.112. The predicted molar refractivity (Wildman–Crippen MR) is 77.7 cm³/mol. The number of rotatable bonds is 4. The summed E-state index contributed by atoms with van der Waals surface area (Å²) in [5.41, 5.74) is 0.109. The van der Waals surface area contributed by atoms with Gasteiger partial charge in [-0.3, -0.25) is 14.5 Å². The van der Waals surface area contributed by atoms with Gasteiger partial charge in [0.1, 0.15) is 6.04 Å². The molecule has 1 aromatic heterocycles. The molecule has 1 unspecified atom stereocenters. The van der Waals surface area contributed by atoms with Crippen molar-refractivity contribution in [2.75, 3.05) is 26.3 Å². The molecule has 2 rings (SSSR count). The molecule has 0 saturated carbocycles. The highest BCUT2D eigenvalue weighted by Crippen LogP contribution is 2.29. The molecule has 0 amide bonds. The number of aromatic nitrogens is 1. The molecule has 8 heteroatoms. The van der Waals surface area contributed by atoms with Gasteiger partial charge in [0.05, 0.1) is 18.8 Å². The van der Waals surface area contributed by atoms with E-state index in [0.29, 0.717) is 11.3 Å². The highest BCUT2D eigenvalue weighted by atomic mass is 19.4. The standard InChI is InChI=1S/C15H19F3N2O3/c1-9-7-10(2)19-14(22)13(9)11(21)8-12(15(16,17)18)20-3-5-23-6-4-20/h7,12H,3-6,8H2,1-2H3,(H,19,22). The van der Waals surface area contributed by atoms with Crippen LogP contribution in [0.15, 0.2) is 10.9 Å². The fourth-order valence-electron chi connectivity index (χ4n) is 2.82. The van der Waals surface area contributed by atoms with E-state index < -0.39 is 30.0 Å². The lowest BCUT2D eigenvalue weighted by molar-refractivity contribution is -0.190. The van der Waals surface area contributed by atoms with Gasteiger partial charge in [-0.1, -0.05) is 0 Å². The number of ether oxygens (including phenoxy) is 1. The molecule has 0 aliphatic carbocycles. The number of H-pyrrole nitrogens is 1. The number of hydrogen-bond acceptors (Lipinski definition) is 4. The fourth-order valence-corrected chi connectivity index (χ4v) is 2.82. The van der Waals surface area contributed by atoms with E-state index in [0.717, 1.165) is 0 Å². The molecular weight excluding hydrogens is 313 g/mol. The first-order valence-corrected chi connectivity index (χ1v) is 7.32. The first-order chi connectivity index (χ1) is 10.7. The van der Waals surface area contributed by atoms with Gasteiger partial charge in [0.25, 0.3) is 5.56 Å². The molecule has 1 atom stereocenters. The van der Waals surface area contributed by atoms with Gasteiger partial charge in [0.2, 0.25) is 0 Å². The Kier molecular flexibility index (Phi) is 5.26. The summed E-state index contributed by atoms with van der Waals surface area (Å²) in [6.45, 7) is 3.82. The van der Waals surface area contributed by atoms with Crippen LogP contribution in [-0.4, -0.2) is 54.2 Å². The maximum Gasteiger partial charge on any atom is 0.404 e. The Morgan fingerprint density at radius 2 is 1.96 bits per heavy atom. The fraction of sp³-hybridized carbons (Fsp3) is 0.600. The lowest BCUT2D eigenvalue weighted by Gasteiger charge is -2.35. The Hall–Kier alpha value is -1.67. The smallest absolute Gasteiger partial charge is 0.379 e. The van der Waals surface area contributed by atoms with Crippen molar-refractivity contribution >= 4 is 5.78 Å². The molecule has 1 aliphatic heterocycles. The second-order valence-corrected chi connectivity index (χ2v) is 5.67.